The maximum absolute atomic E-state index is 12.7. The number of carboxylic acid groups (broad SMARTS) is 1. The number of carbonyl (C=O) groups is 2. The van der Waals surface area contributed by atoms with E-state index in [1.54, 1.807) is 24.3 Å². The van der Waals surface area contributed by atoms with Crippen molar-refractivity contribution in [2.24, 2.45) is 5.92 Å². The van der Waals surface area contributed by atoms with E-state index in [4.69, 9.17) is 5.11 Å². The molecule has 1 heterocycles. The number of hydrogen-bond acceptors (Lipinski definition) is 4. The number of para-hydroxylation sites is 1. The first kappa shape index (κ1) is 17.7. The predicted octanol–water partition coefficient (Wildman–Crippen LogP) is 1.57. The summed E-state index contributed by atoms with van der Waals surface area (Å²) in [6.07, 6.45) is 1.75. The van der Waals surface area contributed by atoms with Crippen LogP contribution in [0.2, 0.25) is 0 Å². The van der Waals surface area contributed by atoms with Crippen molar-refractivity contribution in [1.29, 1.82) is 0 Å². The highest BCUT2D eigenvalue weighted by Gasteiger charge is 2.26. The minimum Gasteiger partial charge on any atom is -0.480 e. The zero-order valence-electron chi connectivity index (χ0n) is 13.9. The van der Waals surface area contributed by atoms with E-state index in [1.165, 1.54) is 17.8 Å². The fourth-order valence-corrected chi connectivity index (χ4v) is 2.47. The van der Waals surface area contributed by atoms with Gasteiger partial charge in [0.1, 0.15) is 12.1 Å². The summed E-state index contributed by atoms with van der Waals surface area (Å²) in [5.41, 5.74) is 0.241. The fraction of sp³-hybridized carbons (Fsp3) is 0.412. The lowest BCUT2D eigenvalue weighted by atomic mass is 10.0. The standard InChI is InChI=1S/C17H21N3O4/c1-10(2)8-14(15(21)19-11(3)17(23)24)20-9-18-13-7-5-4-6-12(13)16(20)22/h4-7,9-11,14H,8H2,1-3H3,(H,19,21)(H,23,24)/t11-,14-/m0/s1. The van der Waals surface area contributed by atoms with Crippen LogP contribution in [0, 0.1) is 5.92 Å². The molecular weight excluding hydrogens is 310 g/mol. The number of nitrogens with one attached hydrogen (secondary N) is 1. The van der Waals surface area contributed by atoms with Gasteiger partial charge in [-0.3, -0.25) is 19.0 Å². The molecule has 0 aliphatic carbocycles. The van der Waals surface area contributed by atoms with Gasteiger partial charge in [0.25, 0.3) is 5.56 Å². The molecule has 2 rings (SSSR count). The summed E-state index contributed by atoms with van der Waals surface area (Å²) in [6, 6.07) is 5.06. The Bertz CT molecular complexity index is 813. The zero-order chi connectivity index (χ0) is 17.9. The second-order valence-corrected chi connectivity index (χ2v) is 6.19. The lowest BCUT2D eigenvalue weighted by Gasteiger charge is -2.22. The molecule has 0 saturated carbocycles. The number of rotatable bonds is 6. The monoisotopic (exact) mass is 331 g/mol. The summed E-state index contributed by atoms with van der Waals surface area (Å²) in [5.74, 6) is -1.49. The largest absolute Gasteiger partial charge is 0.480 e. The molecule has 7 nitrogen and oxygen atoms in total. The van der Waals surface area contributed by atoms with Crippen LogP contribution in [0.1, 0.15) is 33.2 Å². The maximum Gasteiger partial charge on any atom is 0.325 e. The Morgan fingerprint density at radius 2 is 1.92 bits per heavy atom. The van der Waals surface area contributed by atoms with Crippen molar-refractivity contribution in [3.63, 3.8) is 0 Å². The van der Waals surface area contributed by atoms with E-state index in [1.807, 2.05) is 13.8 Å². The molecule has 2 aromatic rings. The van der Waals surface area contributed by atoms with Crippen LogP contribution in [0.5, 0.6) is 0 Å². The van der Waals surface area contributed by atoms with Crippen molar-refractivity contribution in [3.8, 4) is 0 Å². The highest BCUT2D eigenvalue weighted by Crippen LogP contribution is 2.17. The summed E-state index contributed by atoms with van der Waals surface area (Å²) in [6.45, 7) is 5.24. The molecule has 0 radical (unpaired) electrons. The molecule has 24 heavy (non-hydrogen) atoms. The second-order valence-electron chi connectivity index (χ2n) is 6.19. The Balaban J connectivity index is 2.44. The average Bonchev–Trinajstić information content (AvgIpc) is 2.53. The molecule has 7 heteroatoms. The summed E-state index contributed by atoms with van der Waals surface area (Å²) < 4.78 is 1.28. The first-order chi connectivity index (χ1) is 11.3. The van der Waals surface area contributed by atoms with Gasteiger partial charge in [0.05, 0.1) is 17.2 Å². The van der Waals surface area contributed by atoms with E-state index in [0.29, 0.717) is 17.3 Å². The van der Waals surface area contributed by atoms with Crippen molar-refractivity contribution in [3.05, 3.63) is 40.9 Å². The van der Waals surface area contributed by atoms with Crippen LogP contribution >= 0.6 is 0 Å². The van der Waals surface area contributed by atoms with Gasteiger partial charge in [-0.1, -0.05) is 26.0 Å². The summed E-state index contributed by atoms with van der Waals surface area (Å²) in [7, 11) is 0. The Labute approximate surface area is 139 Å². The van der Waals surface area contributed by atoms with Crippen LogP contribution in [0.3, 0.4) is 0 Å². The molecule has 0 saturated heterocycles. The average molecular weight is 331 g/mol. The maximum atomic E-state index is 12.7. The van der Waals surface area contributed by atoms with Crippen LogP contribution < -0.4 is 10.9 Å². The Morgan fingerprint density at radius 1 is 1.25 bits per heavy atom. The van der Waals surface area contributed by atoms with Crippen molar-refractivity contribution < 1.29 is 14.7 Å². The molecule has 0 bridgehead atoms. The van der Waals surface area contributed by atoms with E-state index < -0.39 is 24.0 Å². The third-order valence-electron chi connectivity index (χ3n) is 3.75. The highest BCUT2D eigenvalue weighted by molar-refractivity contribution is 5.86. The number of fused-ring (bicyclic) bond motifs is 1. The van der Waals surface area contributed by atoms with Crippen molar-refractivity contribution in [1.82, 2.24) is 14.9 Å². The van der Waals surface area contributed by atoms with E-state index >= 15 is 0 Å². The number of benzene rings is 1. The number of aromatic nitrogens is 2. The van der Waals surface area contributed by atoms with Crippen LogP contribution in [0.15, 0.2) is 35.4 Å². The third kappa shape index (κ3) is 3.79. The molecule has 0 aliphatic rings. The van der Waals surface area contributed by atoms with Gasteiger partial charge < -0.3 is 10.4 Å². The van der Waals surface area contributed by atoms with E-state index in [9.17, 15) is 14.4 Å². The number of aliphatic carboxylic acids is 1. The first-order valence-corrected chi connectivity index (χ1v) is 7.80. The molecular formula is C17H21N3O4. The lowest BCUT2D eigenvalue weighted by Crippen LogP contribution is -2.44. The number of amides is 1. The van der Waals surface area contributed by atoms with Crippen molar-refractivity contribution in [2.75, 3.05) is 0 Å². The Morgan fingerprint density at radius 3 is 2.54 bits per heavy atom. The molecule has 0 unspecified atom stereocenters. The summed E-state index contributed by atoms with van der Waals surface area (Å²) >= 11 is 0. The molecule has 1 aromatic heterocycles. The minimum absolute atomic E-state index is 0.138. The molecule has 0 spiro atoms. The van der Waals surface area contributed by atoms with Gasteiger partial charge in [0.2, 0.25) is 5.91 Å². The fourth-order valence-electron chi connectivity index (χ4n) is 2.47. The second kappa shape index (κ2) is 7.25. The third-order valence-corrected chi connectivity index (χ3v) is 3.75. The van der Waals surface area contributed by atoms with Crippen LogP contribution in [0.4, 0.5) is 0 Å². The molecule has 1 amide bonds. The van der Waals surface area contributed by atoms with Gasteiger partial charge in [0.15, 0.2) is 0 Å². The molecule has 128 valence electrons. The molecule has 0 fully saturated rings. The van der Waals surface area contributed by atoms with Crippen LogP contribution in [0.25, 0.3) is 10.9 Å². The Hall–Kier alpha value is -2.70. The Kier molecular flexibility index (Phi) is 5.33. The van der Waals surface area contributed by atoms with E-state index in [2.05, 4.69) is 10.3 Å². The van der Waals surface area contributed by atoms with Gasteiger partial charge in [0, 0.05) is 0 Å². The normalized spacial score (nSPS) is 13.7. The van der Waals surface area contributed by atoms with Gasteiger partial charge in [-0.05, 0) is 31.4 Å². The van der Waals surface area contributed by atoms with Gasteiger partial charge in [-0.2, -0.15) is 0 Å². The number of carboxylic acids is 1. The van der Waals surface area contributed by atoms with Gasteiger partial charge in [-0.25, -0.2) is 4.98 Å². The highest BCUT2D eigenvalue weighted by atomic mass is 16.4. The molecule has 2 atom stereocenters. The van der Waals surface area contributed by atoms with E-state index in [0.717, 1.165) is 0 Å². The molecule has 0 aliphatic heterocycles. The van der Waals surface area contributed by atoms with Gasteiger partial charge >= 0.3 is 5.97 Å². The van der Waals surface area contributed by atoms with Crippen molar-refractivity contribution >= 4 is 22.8 Å². The zero-order valence-corrected chi connectivity index (χ0v) is 13.9. The predicted molar refractivity (Wildman–Crippen MR) is 89.7 cm³/mol. The summed E-state index contributed by atoms with van der Waals surface area (Å²) in [4.78, 5) is 40.4. The van der Waals surface area contributed by atoms with Crippen LogP contribution in [-0.4, -0.2) is 32.6 Å². The molecule has 2 N–H and O–H groups in total. The quantitative estimate of drug-likeness (QED) is 0.837. The number of nitrogens with zero attached hydrogens (tertiary/aromatic N) is 2. The first-order valence-electron chi connectivity index (χ1n) is 7.80. The topological polar surface area (TPSA) is 101 Å². The number of carbonyl (C=O) groups excluding carboxylic acids is 1. The van der Waals surface area contributed by atoms with Crippen LogP contribution in [-0.2, 0) is 9.59 Å². The lowest BCUT2D eigenvalue weighted by molar-refractivity contribution is -0.141. The van der Waals surface area contributed by atoms with E-state index in [-0.39, 0.29) is 11.5 Å². The van der Waals surface area contributed by atoms with Gasteiger partial charge in [-0.15, -0.1) is 0 Å². The smallest absolute Gasteiger partial charge is 0.325 e. The minimum atomic E-state index is -1.13. The SMILES string of the molecule is CC(C)C[C@@H](C(=O)N[C@@H](C)C(=O)O)n1cnc2ccccc2c1=O. The molecule has 1 aromatic carbocycles. The summed E-state index contributed by atoms with van der Waals surface area (Å²) in [5, 5.41) is 11.8. The number of hydrogen-bond donors (Lipinski definition) is 2. The van der Waals surface area contributed by atoms with Crippen molar-refractivity contribution in [2.45, 2.75) is 39.3 Å².